The third-order valence-corrected chi connectivity index (χ3v) is 1.79. The molecule has 0 bridgehead atoms. The van der Waals surface area contributed by atoms with Crippen LogP contribution in [0.1, 0.15) is 26.2 Å². The normalized spacial score (nSPS) is 19.6. The Kier molecular flexibility index (Phi) is 13.7. The fourth-order valence-electron chi connectivity index (χ4n) is 0.950. The Labute approximate surface area is 92.5 Å². The minimum absolute atomic E-state index is 0.319. The van der Waals surface area contributed by atoms with Crippen molar-refractivity contribution in [2.24, 2.45) is 0 Å². The maximum Gasteiger partial charge on any atom is 0.0701 e. The third kappa shape index (κ3) is 13.8. The van der Waals surface area contributed by atoms with Crippen molar-refractivity contribution in [2.45, 2.75) is 26.2 Å². The molecule has 0 amide bonds. The molecule has 4 nitrogen and oxygen atoms in total. The number of rotatable bonds is 1. The van der Waals surface area contributed by atoms with Crippen molar-refractivity contribution < 1.29 is 19.3 Å². The van der Waals surface area contributed by atoms with Crippen LogP contribution >= 0.6 is 0 Å². The average Bonchev–Trinajstić information content (AvgIpc) is 2.90. The summed E-state index contributed by atoms with van der Waals surface area (Å²) in [5.41, 5.74) is 0. The number of hydrogen-bond acceptors (Lipinski definition) is 4. The molecule has 92 valence electrons. The van der Waals surface area contributed by atoms with Gasteiger partial charge in [-0.05, 0) is 19.3 Å². The van der Waals surface area contributed by atoms with E-state index in [9.17, 15) is 0 Å². The largest absolute Gasteiger partial charge is 0.396 e. The van der Waals surface area contributed by atoms with Crippen molar-refractivity contribution in [3.05, 3.63) is 0 Å². The molecule has 0 radical (unpaired) electrons. The second kappa shape index (κ2) is 13.8. The van der Waals surface area contributed by atoms with Gasteiger partial charge in [0.1, 0.15) is 0 Å². The van der Waals surface area contributed by atoms with Crippen LogP contribution in [0.25, 0.3) is 0 Å². The zero-order valence-electron chi connectivity index (χ0n) is 9.74. The molecule has 2 rings (SSSR count). The van der Waals surface area contributed by atoms with Crippen molar-refractivity contribution >= 4 is 0 Å². The van der Waals surface area contributed by atoms with E-state index >= 15 is 0 Å². The van der Waals surface area contributed by atoms with Crippen molar-refractivity contribution in [1.82, 2.24) is 0 Å². The zero-order valence-corrected chi connectivity index (χ0v) is 9.74. The Balaban J connectivity index is 0.000000202. The summed E-state index contributed by atoms with van der Waals surface area (Å²) in [6.45, 7) is 7.36. The second-order valence-corrected chi connectivity index (χ2v) is 3.27. The lowest BCUT2D eigenvalue weighted by Gasteiger charge is -2.09. The summed E-state index contributed by atoms with van der Waals surface area (Å²) in [6, 6.07) is 0. The van der Waals surface area contributed by atoms with Crippen LogP contribution in [0.5, 0.6) is 0 Å². The van der Waals surface area contributed by atoms with Crippen LogP contribution in [0, 0.1) is 0 Å². The first kappa shape index (κ1) is 14.8. The highest BCUT2D eigenvalue weighted by Gasteiger charge is 1.95. The standard InChI is InChI=1S/C4H8O2.C4H8O.C3H8O/c1-2-6-4-3-5-1;1-2-4-5-3-1;1-2-3-4/h1-4H2;1-4H2;4H,2-3H2,1H3. The molecule has 0 unspecified atom stereocenters. The van der Waals surface area contributed by atoms with Gasteiger partial charge in [-0.25, -0.2) is 0 Å². The van der Waals surface area contributed by atoms with E-state index in [1.807, 2.05) is 6.92 Å². The van der Waals surface area contributed by atoms with Crippen molar-refractivity contribution in [3.8, 4) is 0 Å². The lowest BCUT2D eigenvalue weighted by atomic mass is 10.4. The molecule has 15 heavy (non-hydrogen) atoms. The van der Waals surface area contributed by atoms with E-state index in [4.69, 9.17) is 19.3 Å². The first-order valence-electron chi connectivity index (χ1n) is 5.76. The lowest BCUT2D eigenvalue weighted by molar-refractivity contribution is -0.0334. The molecule has 0 aliphatic carbocycles. The van der Waals surface area contributed by atoms with Crippen LogP contribution in [0.4, 0.5) is 0 Å². The molecular weight excluding hydrogens is 196 g/mol. The molecule has 2 fully saturated rings. The maximum atomic E-state index is 7.88. The molecule has 2 saturated heterocycles. The van der Waals surface area contributed by atoms with Gasteiger partial charge in [0.25, 0.3) is 0 Å². The first-order valence-corrected chi connectivity index (χ1v) is 5.76. The Hall–Kier alpha value is -0.160. The minimum atomic E-state index is 0.319. The van der Waals surface area contributed by atoms with Gasteiger partial charge in [0, 0.05) is 19.8 Å². The van der Waals surface area contributed by atoms with Gasteiger partial charge in [-0.2, -0.15) is 0 Å². The maximum absolute atomic E-state index is 7.88. The molecule has 0 aromatic heterocycles. The van der Waals surface area contributed by atoms with Crippen LogP contribution in [-0.4, -0.2) is 51.4 Å². The summed E-state index contributed by atoms with van der Waals surface area (Å²) < 4.78 is 14.8. The summed E-state index contributed by atoms with van der Waals surface area (Å²) >= 11 is 0. The van der Waals surface area contributed by atoms with Gasteiger partial charge in [-0.15, -0.1) is 0 Å². The van der Waals surface area contributed by atoms with E-state index in [0.717, 1.165) is 46.1 Å². The highest BCUT2D eigenvalue weighted by Crippen LogP contribution is 1.98. The molecule has 4 heteroatoms. The van der Waals surface area contributed by atoms with Crippen molar-refractivity contribution in [2.75, 3.05) is 46.2 Å². The van der Waals surface area contributed by atoms with Gasteiger partial charge >= 0.3 is 0 Å². The molecule has 2 aliphatic heterocycles. The van der Waals surface area contributed by atoms with E-state index in [0.29, 0.717) is 6.61 Å². The lowest BCUT2D eigenvalue weighted by Crippen LogP contribution is -2.16. The number of ether oxygens (including phenoxy) is 3. The van der Waals surface area contributed by atoms with Crippen LogP contribution in [0.2, 0.25) is 0 Å². The van der Waals surface area contributed by atoms with E-state index < -0.39 is 0 Å². The summed E-state index contributed by atoms with van der Waals surface area (Å²) in [5, 5.41) is 7.88. The zero-order chi connectivity index (χ0) is 11.2. The molecule has 0 atom stereocenters. The predicted molar refractivity (Wildman–Crippen MR) is 59.1 cm³/mol. The third-order valence-electron chi connectivity index (χ3n) is 1.79. The fraction of sp³-hybridized carbons (Fsp3) is 1.00. The van der Waals surface area contributed by atoms with Gasteiger partial charge in [-0.3, -0.25) is 0 Å². The van der Waals surface area contributed by atoms with Gasteiger partial charge < -0.3 is 19.3 Å². The highest BCUT2D eigenvalue weighted by atomic mass is 16.6. The minimum Gasteiger partial charge on any atom is -0.396 e. The Bertz CT molecular complexity index is 79.6. The molecular formula is C11H24O4. The topological polar surface area (TPSA) is 47.9 Å². The van der Waals surface area contributed by atoms with Gasteiger partial charge in [0.15, 0.2) is 0 Å². The van der Waals surface area contributed by atoms with Crippen LogP contribution < -0.4 is 0 Å². The SMILES string of the molecule is C1CCOC1.C1COCCO1.CCCO. The predicted octanol–water partition coefficient (Wildman–Crippen LogP) is 1.22. The fourth-order valence-corrected chi connectivity index (χ4v) is 0.950. The van der Waals surface area contributed by atoms with Crippen LogP contribution in [0.3, 0.4) is 0 Å². The molecule has 0 spiro atoms. The Morgan fingerprint density at radius 1 is 0.800 bits per heavy atom. The van der Waals surface area contributed by atoms with Gasteiger partial charge in [0.2, 0.25) is 0 Å². The average molecular weight is 220 g/mol. The number of aliphatic hydroxyl groups is 1. The number of aliphatic hydroxyl groups excluding tert-OH is 1. The quantitative estimate of drug-likeness (QED) is 0.722. The smallest absolute Gasteiger partial charge is 0.0701 e. The molecule has 2 aliphatic rings. The van der Waals surface area contributed by atoms with E-state index in [1.165, 1.54) is 12.8 Å². The van der Waals surface area contributed by atoms with Crippen molar-refractivity contribution in [3.63, 3.8) is 0 Å². The van der Waals surface area contributed by atoms with Crippen LogP contribution in [0.15, 0.2) is 0 Å². The second-order valence-electron chi connectivity index (χ2n) is 3.27. The summed E-state index contributed by atoms with van der Waals surface area (Å²) in [5.74, 6) is 0. The molecule has 0 aromatic carbocycles. The van der Waals surface area contributed by atoms with Gasteiger partial charge in [-0.1, -0.05) is 6.92 Å². The number of hydrogen-bond donors (Lipinski definition) is 1. The van der Waals surface area contributed by atoms with E-state index in [1.54, 1.807) is 0 Å². The molecule has 1 N–H and O–H groups in total. The van der Waals surface area contributed by atoms with Crippen LogP contribution in [-0.2, 0) is 14.2 Å². The van der Waals surface area contributed by atoms with Crippen molar-refractivity contribution in [1.29, 1.82) is 0 Å². The summed E-state index contributed by atoms with van der Waals surface area (Å²) in [4.78, 5) is 0. The van der Waals surface area contributed by atoms with E-state index in [2.05, 4.69) is 0 Å². The van der Waals surface area contributed by atoms with Gasteiger partial charge in [0.05, 0.1) is 26.4 Å². The monoisotopic (exact) mass is 220 g/mol. The molecule has 2 heterocycles. The highest BCUT2D eigenvalue weighted by molar-refractivity contribution is 4.43. The summed E-state index contributed by atoms with van der Waals surface area (Å²) in [7, 11) is 0. The van der Waals surface area contributed by atoms with E-state index in [-0.39, 0.29) is 0 Å². The molecule has 0 aromatic rings. The summed E-state index contributed by atoms with van der Waals surface area (Å²) in [6.07, 6.45) is 3.43. The molecule has 0 saturated carbocycles. The first-order chi connectivity index (χ1) is 7.41. The Morgan fingerprint density at radius 3 is 1.27 bits per heavy atom. The Morgan fingerprint density at radius 2 is 1.13 bits per heavy atom.